The van der Waals surface area contributed by atoms with Gasteiger partial charge in [-0.2, -0.15) is 0 Å². The molecule has 0 fully saturated rings. The van der Waals surface area contributed by atoms with E-state index in [1.165, 1.54) is 51.7 Å². The number of carboxylic acids is 1. The second kappa shape index (κ2) is 9.16. The van der Waals surface area contributed by atoms with Crippen molar-refractivity contribution in [3.05, 3.63) is 47.0 Å². The van der Waals surface area contributed by atoms with Crippen LogP contribution in [-0.4, -0.2) is 48.6 Å². The number of phenolic OH excluding ortho intramolecular Hbond substituents is 2. The fourth-order valence-electron chi connectivity index (χ4n) is 2.09. The number of aromatic hydroxyl groups is 2. The van der Waals surface area contributed by atoms with Crippen molar-refractivity contribution in [1.82, 2.24) is 0 Å². The summed E-state index contributed by atoms with van der Waals surface area (Å²) in [6.07, 6.45) is 0. The zero-order valence-corrected chi connectivity index (χ0v) is 14.8. The fourth-order valence-corrected chi connectivity index (χ4v) is 2.09. The first-order chi connectivity index (χ1) is 12.3. The molecule has 2 aromatic rings. The van der Waals surface area contributed by atoms with Crippen LogP contribution in [0.1, 0.15) is 26.3 Å². The third-order valence-electron chi connectivity index (χ3n) is 3.42. The zero-order valence-electron chi connectivity index (χ0n) is 14.8. The highest BCUT2D eigenvalue weighted by Crippen LogP contribution is 2.31. The van der Waals surface area contributed by atoms with Gasteiger partial charge in [-0.3, -0.25) is 0 Å². The average Bonchev–Trinajstić information content (AvgIpc) is 2.62. The van der Waals surface area contributed by atoms with Crippen molar-refractivity contribution in [2.24, 2.45) is 0 Å². The molecule has 0 atom stereocenters. The predicted molar refractivity (Wildman–Crippen MR) is 92.4 cm³/mol. The minimum atomic E-state index is -1.03. The van der Waals surface area contributed by atoms with Crippen molar-refractivity contribution in [3.8, 4) is 23.0 Å². The molecule has 26 heavy (non-hydrogen) atoms. The number of phenols is 2. The summed E-state index contributed by atoms with van der Waals surface area (Å²) in [6, 6.07) is 6.90. The second-order valence-corrected chi connectivity index (χ2v) is 4.97. The molecule has 0 spiro atoms. The van der Waals surface area contributed by atoms with Crippen molar-refractivity contribution >= 4 is 11.9 Å². The Morgan fingerprint density at radius 3 is 2.04 bits per heavy atom. The van der Waals surface area contributed by atoms with Crippen molar-refractivity contribution < 1.29 is 39.1 Å². The monoisotopic (exact) mass is 364 g/mol. The van der Waals surface area contributed by atoms with E-state index in [1.807, 2.05) is 0 Å². The summed E-state index contributed by atoms with van der Waals surface area (Å²) in [4.78, 5) is 21.7. The van der Waals surface area contributed by atoms with Gasteiger partial charge in [0.05, 0.1) is 32.5 Å². The van der Waals surface area contributed by atoms with Gasteiger partial charge in [0.25, 0.3) is 0 Å². The summed E-state index contributed by atoms with van der Waals surface area (Å²) >= 11 is 0. The van der Waals surface area contributed by atoms with E-state index in [0.717, 1.165) is 0 Å². The Morgan fingerprint density at radius 1 is 0.923 bits per heavy atom. The first kappa shape index (κ1) is 20.6. The van der Waals surface area contributed by atoms with Crippen LogP contribution >= 0.6 is 0 Å². The number of carbonyl (C=O) groups excluding carboxylic acids is 1. The highest BCUT2D eigenvalue weighted by Gasteiger charge is 2.14. The predicted octanol–water partition coefficient (Wildman–Crippen LogP) is 2.59. The minimum Gasteiger partial charge on any atom is -0.504 e. The van der Waals surface area contributed by atoms with Crippen LogP contribution in [0.3, 0.4) is 0 Å². The molecule has 3 N–H and O–H groups in total. The molecule has 0 aliphatic rings. The van der Waals surface area contributed by atoms with Gasteiger partial charge in [0.15, 0.2) is 23.0 Å². The fraction of sp³-hybridized carbons (Fsp3) is 0.222. The molecule has 0 saturated carbocycles. The molecule has 8 heteroatoms. The zero-order chi connectivity index (χ0) is 19.9. The largest absolute Gasteiger partial charge is 0.504 e. The highest BCUT2D eigenvalue weighted by molar-refractivity contribution is 5.91. The number of carbonyl (C=O) groups is 2. The van der Waals surface area contributed by atoms with Crippen molar-refractivity contribution in [1.29, 1.82) is 0 Å². The topological polar surface area (TPSA) is 123 Å². The van der Waals surface area contributed by atoms with Crippen LogP contribution in [0, 0.1) is 6.92 Å². The maximum absolute atomic E-state index is 11.0. The number of hydrogen-bond acceptors (Lipinski definition) is 7. The molecule has 0 aromatic heterocycles. The molecule has 0 amide bonds. The number of aromatic carboxylic acids is 1. The molecule has 2 aromatic carbocycles. The van der Waals surface area contributed by atoms with Crippen LogP contribution in [0.5, 0.6) is 23.0 Å². The number of ether oxygens (including phenoxy) is 3. The van der Waals surface area contributed by atoms with Gasteiger partial charge in [-0.25, -0.2) is 9.59 Å². The summed E-state index contributed by atoms with van der Waals surface area (Å²) < 4.78 is 14.2. The number of methoxy groups -OCH3 is 3. The molecule has 8 nitrogen and oxygen atoms in total. The summed E-state index contributed by atoms with van der Waals surface area (Å²) in [5.41, 5.74) is 0.904. The van der Waals surface area contributed by atoms with E-state index in [2.05, 4.69) is 4.74 Å². The van der Waals surface area contributed by atoms with E-state index in [-0.39, 0.29) is 28.6 Å². The Labute approximate surface area is 150 Å². The van der Waals surface area contributed by atoms with Gasteiger partial charge in [-0.1, -0.05) is 0 Å². The van der Waals surface area contributed by atoms with Crippen LogP contribution in [0.25, 0.3) is 0 Å². The molecule has 0 radical (unpaired) electrons. The van der Waals surface area contributed by atoms with Gasteiger partial charge < -0.3 is 29.5 Å². The Morgan fingerprint density at radius 2 is 1.54 bits per heavy atom. The molecule has 0 aliphatic heterocycles. The quantitative estimate of drug-likeness (QED) is 0.708. The second-order valence-electron chi connectivity index (χ2n) is 4.97. The molecule has 0 saturated heterocycles. The SMILES string of the molecule is COC(=O)c1ccc(O)c(OC)c1.COc1c(O)ccc(C(=O)O)c1C. The lowest BCUT2D eigenvalue weighted by atomic mass is 10.1. The van der Waals surface area contributed by atoms with Crippen LogP contribution in [-0.2, 0) is 4.74 Å². The average molecular weight is 364 g/mol. The van der Waals surface area contributed by atoms with Crippen molar-refractivity contribution in [2.75, 3.05) is 21.3 Å². The standard InChI is InChI=1S/2C9H10O4/c1-12-8-5-6(9(11)13-2)3-4-7(8)10;1-5-6(9(11)12)3-4-7(10)8(5)13-2/h3-5,10H,1-2H3;3-4,10H,1-2H3,(H,11,12). The number of benzene rings is 2. The Hall–Kier alpha value is -3.42. The van der Waals surface area contributed by atoms with Gasteiger partial charge >= 0.3 is 11.9 Å². The molecule has 0 aliphatic carbocycles. The van der Waals surface area contributed by atoms with Gasteiger partial charge in [-0.05, 0) is 37.3 Å². The maximum Gasteiger partial charge on any atom is 0.337 e. The summed E-state index contributed by atoms with van der Waals surface area (Å²) in [5.74, 6) is -1.09. The van der Waals surface area contributed by atoms with Crippen LogP contribution in [0.2, 0.25) is 0 Å². The van der Waals surface area contributed by atoms with Crippen molar-refractivity contribution in [2.45, 2.75) is 6.92 Å². The smallest absolute Gasteiger partial charge is 0.337 e. The Kier molecular flexibility index (Phi) is 7.27. The van der Waals surface area contributed by atoms with Crippen LogP contribution in [0.15, 0.2) is 30.3 Å². The first-order valence-corrected chi connectivity index (χ1v) is 7.31. The third kappa shape index (κ3) is 4.79. The van der Waals surface area contributed by atoms with E-state index in [4.69, 9.17) is 14.6 Å². The number of hydrogen-bond donors (Lipinski definition) is 3. The van der Waals surface area contributed by atoms with E-state index in [9.17, 15) is 19.8 Å². The van der Waals surface area contributed by atoms with E-state index in [0.29, 0.717) is 11.1 Å². The van der Waals surface area contributed by atoms with Gasteiger partial charge in [0.2, 0.25) is 0 Å². The third-order valence-corrected chi connectivity index (χ3v) is 3.42. The van der Waals surface area contributed by atoms with Gasteiger partial charge in [0, 0.05) is 5.56 Å². The van der Waals surface area contributed by atoms with Crippen LogP contribution < -0.4 is 9.47 Å². The Balaban J connectivity index is 0.000000260. The molecule has 0 heterocycles. The van der Waals surface area contributed by atoms with E-state index < -0.39 is 11.9 Å². The Bertz CT molecular complexity index is 798. The number of carboxylic acid groups (broad SMARTS) is 1. The normalized spacial score (nSPS) is 9.54. The molecule has 0 unspecified atom stereocenters. The number of rotatable bonds is 4. The lowest BCUT2D eigenvalue weighted by Crippen LogP contribution is -2.01. The number of esters is 1. The van der Waals surface area contributed by atoms with Gasteiger partial charge in [-0.15, -0.1) is 0 Å². The molecular formula is C18H20O8. The highest BCUT2D eigenvalue weighted by atomic mass is 16.5. The maximum atomic E-state index is 11.0. The van der Waals surface area contributed by atoms with Gasteiger partial charge in [0.1, 0.15) is 0 Å². The van der Waals surface area contributed by atoms with Crippen molar-refractivity contribution in [3.63, 3.8) is 0 Å². The summed E-state index contributed by atoms with van der Waals surface area (Å²) in [7, 11) is 4.09. The lowest BCUT2D eigenvalue weighted by Gasteiger charge is -2.08. The molecular weight excluding hydrogens is 344 g/mol. The first-order valence-electron chi connectivity index (χ1n) is 7.31. The van der Waals surface area contributed by atoms with E-state index >= 15 is 0 Å². The lowest BCUT2D eigenvalue weighted by molar-refractivity contribution is 0.0599. The summed E-state index contributed by atoms with van der Waals surface area (Å²) in [5, 5.41) is 27.2. The molecule has 2 rings (SSSR count). The van der Waals surface area contributed by atoms with E-state index in [1.54, 1.807) is 6.92 Å². The molecule has 140 valence electrons. The summed E-state index contributed by atoms with van der Waals surface area (Å²) in [6.45, 7) is 1.59. The van der Waals surface area contributed by atoms with Crippen LogP contribution in [0.4, 0.5) is 0 Å². The minimum absolute atomic E-state index is 0.00449. The molecule has 0 bridgehead atoms.